The largest absolute Gasteiger partial charge is 0.446 e. The van der Waals surface area contributed by atoms with Crippen LogP contribution in [0, 0.1) is 6.92 Å². The Kier molecular flexibility index (Phi) is 8.87. The molecule has 0 fully saturated rings. The number of nitrogens with zero attached hydrogens (tertiary/aromatic N) is 1. The first kappa shape index (κ1) is 29.9. The minimum atomic E-state index is -5.05. The lowest BCUT2D eigenvalue weighted by Crippen LogP contribution is -2.34. The van der Waals surface area contributed by atoms with Crippen LogP contribution < -0.4 is 10.2 Å². The van der Waals surface area contributed by atoms with Gasteiger partial charge in [0.1, 0.15) is 0 Å². The molecule has 2 aromatic rings. The van der Waals surface area contributed by atoms with Crippen molar-refractivity contribution in [2.75, 3.05) is 11.4 Å². The number of benzene rings is 2. The molecular formula is C26H27BrF6N2O3. The number of carbonyl (C=O) groups excluding carboxylic acids is 2. The molecule has 2 atom stereocenters. The summed E-state index contributed by atoms with van der Waals surface area (Å²) in [5.41, 5.74) is -1.63. The van der Waals surface area contributed by atoms with E-state index in [0.29, 0.717) is 40.7 Å². The maximum absolute atomic E-state index is 13.5. The summed E-state index contributed by atoms with van der Waals surface area (Å²) >= 11 is 3.45. The standard InChI is InChI=1S/C26H27BrF6N2O3/c1-13(2)38-24(37)35-7-5-6-21(19-12-20(27)14(3)8-22(19)35)34-23(15(4)36)16-9-17(25(28,29)30)11-18(10-16)26(31,32)33/h8-13,21,23,34H,5-7H2,1-4H3. The average molecular weight is 609 g/mol. The fourth-order valence-corrected chi connectivity index (χ4v) is 4.71. The van der Waals surface area contributed by atoms with Crippen molar-refractivity contribution in [1.82, 2.24) is 5.32 Å². The molecule has 0 aromatic heterocycles. The molecule has 208 valence electrons. The summed E-state index contributed by atoms with van der Waals surface area (Å²) < 4.78 is 86.9. The van der Waals surface area contributed by atoms with Crippen LogP contribution in [0.3, 0.4) is 0 Å². The number of carbonyl (C=O) groups is 2. The van der Waals surface area contributed by atoms with Crippen molar-refractivity contribution in [2.24, 2.45) is 0 Å². The summed E-state index contributed by atoms with van der Waals surface area (Å²) in [5, 5.41) is 2.99. The molecule has 1 amide bonds. The van der Waals surface area contributed by atoms with Gasteiger partial charge in [-0.15, -0.1) is 0 Å². The third-order valence-electron chi connectivity index (χ3n) is 6.12. The van der Waals surface area contributed by atoms with Crippen LogP contribution in [0.5, 0.6) is 0 Å². The lowest BCUT2D eigenvalue weighted by atomic mass is 9.94. The monoisotopic (exact) mass is 608 g/mol. The van der Waals surface area contributed by atoms with E-state index in [-0.39, 0.29) is 18.7 Å². The first-order valence-corrected chi connectivity index (χ1v) is 12.6. The molecular weight excluding hydrogens is 582 g/mol. The quantitative estimate of drug-likeness (QED) is 0.351. The van der Waals surface area contributed by atoms with E-state index in [1.165, 1.54) is 4.90 Å². The number of alkyl halides is 6. The van der Waals surface area contributed by atoms with Crippen LogP contribution in [-0.2, 0) is 21.9 Å². The Hall–Kier alpha value is -2.60. The molecule has 2 unspecified atom stereocenters. The number of nitrogens with one attached hydrogen (secondary N) is 1. The van der Waals surface area contributed by atoms with Crippen LogP contribution in [0.2, 0.25) is 0 Å². The zero-order valence-electron chi connectivity index (χ0n) is 21.1. The van der Waals surface area contributed by atoms with Gasteiger partial charge in [-0.25, -0.2) is 4.79 Å². The molecule has 0 saturated carbocycles. The van der Waals surface area contributed by atoms with Crippen molar-refractivity contribution >= 4 is 33.5 Å². The fourth-order valence-electron chi connectivity index (χ4n) is 4.35. The Bertz CT molecular complexity index is 1180. The van der Waals surface area contributed by atoms with Crippen molar-refractivity contribution in [1.29, 1.82) is 0 Å². The predicted molar refractivity (Wildman–Crippen MR) is 133 cm³/mol. The Morgan fingerprint density at radius 3 is 2.11 bits per heavy atom. The maximum Gasteiger partial charge on any atom is 0.416 e. The molecule has 2 aromatic carbocycles. The van der Waals surface area contributed by atoms with Gasteiger partial charge in [-0.3, -0.25) is 15.0 Å². The molecule has 1 aliphatic rings. The second-order valence-electron chi connectivity index (χ2n) is 9.49. The third-order valence-corrected chi connectivity index (χ3v) is 6.98. The highest BCUT2D eigenvalue weighted by Crippen LogP contribution is 2.41. The Labute approximate surface area is 224 Å². The number of ether oxygens (including phenoxy) is 1. The van der Waals surface area contributed by atoms with E-state index in [2.05, 4.69) is 21.2 Å². The van der Waals surface area contributed by atoms with E-state index in [4.69, 9.17) is 4.74 Å². The number of halogens is 7. The second kappa shape index (κ2) is 11.3. The van der Waals surface area contributed by atoms with Crippen LogP contribution >= 0.6 is 15.9 Å². The first-order chi connectivity index (χ1) is 17.5. The summed E-state index contributed by atoms with van der Waals surface area (Å²) in [6.07, 6.45) is -10.3. The third kappa shape index (κ3) is 6.88. The molecule has 0 aliphatic carbocycles. The smallest absolute Gasteiger partial charge is 0.416 e. The summed E-state index contributed by atoms with van der Waals surface area (Å²) in [6.45, 7) is 6.58. The minimum absolute atomic E-state index is 0.0275. The van der Waals surface area contributed by atoms with Crippen LogP contribution in [0.1, 0.15) is 73.5 Å². The van der Waals surface area contributed by atoms with E-state index >= 15 is 0 Å². The number of hydrogen-bond donors (Lipinski definition) is 1. The Balaban J connectivity index is 2.10. The van der Waals surface area contributed by atoms with Crippen LogP contribution in [0.15, 0.2) is 34.8 Å². The normalized spacial score (nSPS) is 17.2. The van der Waals surface area contributed by atoms with Crippen molar-refractivity contribution in [3.8, 4) is 0 Å². The van der Waals surface area contributed by atoms with Crippen LogP contribution in [-0.4, -0.2) is 24.5 Å². The molecule has 1 aliphatic heterocycles. The molecule has 0 bridgehead atoms. The molecule has 3 rings (SSSR count). The number of rotatable bonds is 5. The van der Waals surface area contributed by atoms with Gasteiger partial charge in [-0.1, -0.05) is 15.9 Å². The zero-order chi connectivity index (χ0) is 28.6. The highest BCUT2D eigenvalue weighted by molar-refractivity contribution is 9.10. The van der Waals surface area contributed by atoms with Crippen LogP contribution in [0.4, 0.5) is 36.8 Å². The fraction of sp³-hybridized carbons (Fsp3) is 0.462. The van der Waals surface area contributed by atoms with Crippen molar-refractivity contribution < 1.29 is 40.7 Å². The van der Waals surface area contributed by atoms with Gasteiger partial charge in [0.2, 0.25) is 0 Å². The zero-order valence-corrected chi connectivity index (χ0v) is 22.6. The molecule has 0 spiro atoms. The number of Topliss-reactive ketones (excluding diaryl/α,β-unsaturated/α-hetero) is 1. The molecule has 12 heteroatoms. The van der Waals surface area contributed by atoms with Crippen molar-refractivity contribution in [3.63, 3.8) is 0 Å². The van der Waals surface area contributed by atoms with Crippen LogP contribution in [0.25, 0.3) is 0 Å². The van der Waals surface area contributed by atoms with Gasteiger partial charge in [0.25, 0.3) is 0 Å². The predicted octanol–water partition coefficient (Wildman–Crippen LogP) is 7.90. The van der Waals surface area contributed by atoms with E-state index < -0.39 is 53.0 Å². The molecule has 0 saturated heterocycles. The van der Waals surface area contributed by atoms with Gasteiger partial charge in [0.15, 0.2) is 5.78 Å². The van der Waals surface area contributed by atoms with Gasteiger partial charge >= 0.3 is 18.4 Å². The highest BCUT2D eigenvalue weighted by atomic mass is 79.9. The summed E-state index contributed by atoms with van der Waals surface area (Å²) in [4.78, 5) is 26.9. The number of aryl methyl sites for hydroxylation is 1. The summed E-state index contributed by atoms with van der Waals surface area (Å²) in [6, 6.07) is 2.48. The molecule has 5 nitrogen and oxygen atoms in total. The number of amides is 1. The van der Waals surface area contributed by atoms with Gasteiger partial charge in [-0.05, 0) is 87.6 Å². The second-order valence-corrected chi connectivity index (χ2v) is 10.3. The number of anilines is 1. The molecule has 0 radical (unpaired) electrons. The van der Waals surface area contributed by atoms with Gasteiger partial charge < -0.3 is 4.74 Å². The Morgan fingerprint density at radius 2 is 1.61 bits per heavy atom. The number of ketones is 1. The van der Waals surface area contributed by atoms with Gasteiger partial charge in [-0.2, -0.15) is 26.3 Å². The molecule has 38 heavy (non-hydrogen) atoms. The number of fused-ring (bicyclic) bond motifs is 1. The van der Waals surface area contributed by atoms with Gasteiger partial charge in [0.05, 0.1) is 29.0 Å². The van der Waals surface area contributed by atoms with Crippen molar-refractivity contribution in [2.45, 2.75) is 71.1 Å². The summed E-state index contributed by atoms with van der Waals surface area (Å²) in [7, 11) is 0. The van der Waals surface area contributed by atoms with E-state index in [0.717, 1.165) is 12.5 Å². The van der Waals surface area contributed by atoms with Crippen molar-refractivity contribution in [3.05, 3.63) is 62.6 Å². The SMILES string of the molecule is CC(=O)C(NC1CCCN(C(=O)OC(C)C)c2cc(C)c(Br)cc21)c1cc(C(F)(F)F)cc(C(F)(F)F)c1. The maximum atomic E-state index is 13.5. The average Bonchev–Trinajstić information content (AvgIpc) is 2.95. The van der Waals surface area contributed by atoms with E-state index in [9.17, 15) is 35.9 Å². The lowest BCUT2D eigenvalue weighted by Gasteiger charge is -2.28. The first-order valence-electron chi connectivity index (χ1n) is 11.8. The minimum Gasteiger partial charge on any atom is -0.446 e. The van der Waals surface area contributed by atoms with E-state index in [1.54, 1.807) is 26.0 Å². The lowest BCUT2D eigenvalue weighted by molar-refractivity contribution is -0.143. The summed E-state index contributed by atoms with van der Waals surface area (Å²) in [5.74, 6) is -0.662. The Morgan fingerprint density at radius 1 is 1.03 bits per heavy atom. The topological polar surface area (TPSA) is 58.6 Å². The highest BCUT2D eigenvalue weighted by Gasteiger charge is 2.39. The number of hydrogen-bond acceptors (Lipinski definition) is 4. The van der Waals surface area contributed by atoms with Gasteiger partial charge in [0, 0.05) is 17.1 Å². The molecule has 1 heterocycles. The molecule has 1 N–H and O–H groups in total. The van der Waals surface area contributed by atoms with E-state index in [1.807, 2.05) is 6.92 Å².